The highest BCUT2D eigenvalue weighted by molar-refractivity contribution is 9.10. The number of ether oxygens (including phenoxy) is 1. The lowest BCUT2D eigenvalue weighted by Crippen LogP contribution is -2.06. The molecule has 0 atom stereocenters. The number of amidine groups is 1. The van der Waals surface area contributed by atoms with E-state index in [4.69, 9.17) is 22.1 Å². The summed E-state index contributed by atoms with van der Waals surface area (Å²) < 4.78 is 6.02. The average molecular weight is 413 g/mol. The first-order chi connectivity index (χ1) is 11.1. The van der Waals surface area contributed by atoms with Gasteiger partial charge in [0.05, 0.1) is 23.9 Å². The number of nitrogens with two attached hydrogens (primary N) is 1. The zero-order valence-corrected chi connectivity index (χ0v) is 15.5. The van der Waals surface area contributed by atoms with Gasteiger partial charge in [-0.25, -0.2) is 0 Å². The highest BCUT2D eigenvalue weighted by atomic mass is 79.9. The van der Waals surface area contributed by atoms with Gasteiger partial charge in [0.15, 0.2) is 5.17 Å². The van der Waals surface area contributed by atoms with Crippen molar-refractivity contribution >= 4 is 50.7 Å². The van der Waals surface area contributed by atoms with E-state index in [0.717, 1.165) is 10.2 Å². The maximum atomic E-state index is 6.23. The van der Waals surface area contributed by atoms with Crippen molar-refractivity contribution in [1.29, 1.82) is 0 Å². The second kappa shape index (κ2) is 8.96. The molecule has 0 fully saturated rings. The van der Waals surface area contributed by atoms with Crippen LogP contribution in [-0.2, 0) is 5.75 Å². The van der Waals surface area contributed by atoms with Crippen LogP contribution in [0.2, 0.25) is 5.02 Å². The molecule has 0 spiro atoms. The number of methoxy groups -OCH3 is 1. The fraction of sp³-hybridized carbons (Fsp3) is 0.125. The molecule has 7 heteroatoms. The molecule has 0 saturated carbocycles. The Morgan fingerprint density at radius 2 is 2.04 bits per heavy atom. The van der Waals surface area contributed by atoms with Crippen molar-refractivity contribution in [3.63, 3.8) is 0 Å². The number of halogens is 2. The van der Waals surface area contributed by atoms with Gasteiger partial charge in [-0.3, -0.25) is 0 Å². The Balaban J connectivity index is 2.04. The molecule has 23 heavy (non-hydrogen) atoms. The van der Waals surface area contributed by atoms with Gasteiger partial charge in [-0.05, 0) is 33.6 Å². The molecule has 2 aromatic rings. The van der Waals surface area contributed by atoms with E-state index in [2.05, 4.69) is 26.1 Å². The smallest absolute Gasteiger partial charge is 0.180 e. The van der Waals surface area contributed by atoms with E-state index in [-0.39, 0.29) is 0 Å². The minimum absolute atomic E-state index is 0.384. The summed E-state index contributed by atoms with van der Waals surface area (Å²) in [6.45, 7) is 0. The van der Waals surface area contributed by atoms with Gasteiger partial charge in [0, 0.05) is 10.2 Å². The fourth-order valence-corrected chi connectivity index (χ4v) is 2.91. The Bertz CT molecular complexity index is 723. The molecule has 0 unspecified atom stereocenters. The van der Waals surface area contributed by atoms with Crippen LogP contribution >= 0.6 is 39.3 Å². The topological polar surface area (TPSA) is 60.0 Å². The average Bonchev–Trinajstić information content (AvgIpc) is 2.58. The molecule has 0 aromatic heterocycles. The molecule has 0 saturated heterocycles. The lowest BCUT2D eigenvalue weighted by molar-refractivity contribution is 0.414. The summed E-state index contributed by atoms with van der Waals surface area (Å²) >= 11 is 11.0. The van der Waals surface area contributed by atoms with E-state index in [1.807, 2.05) is 36.4 Å². The van der Waals surface area contributed by atoms with Crippen molar-refractivity contribution in [1.82, 2.24) is 0 Å². The number of hydrogen-bond acceptors (Lipinski definition) is 4. The van der Waals surface area contributed by atoms with Crippen LogP contribution in [0.4, 0.5) is 0 Å². The summed E-state index contributed by atoms with van der Waals surface area (Å²) in [5, 5.41) is 8.87. The van der Waals surface area contributed by atoms with E-state index in [0.29, 0.717) is 21.5 Å². The molecule has 2 aromatic carbocycles. The Hall–Kier alpha value is -1.50. The summed E-state index contributed by atoms with van der Waals surface area (Å²) in [4.78, 5) is 0. The normalized spacial score (nSPS) is 11.9. The Morgan fingerprint density at radius 3 is 2.74 bits per heavy atom. The van der Waals surface area contributed by atoms with Gasteiger partial charge in [0.25, 0.3) is 0 Å². The van der Waals surface area contributed by atoms with Crippen LogP contribution < -0.4 is 10.5 Å². The van der Waals surface area contributed by atoms with Crippen LogP contribution in [0.5, 0.6) is 5.75 Å². The first-order valence-corrected chi connectivity index (χ1v) is 8.82. The summed E-state index contributed by atoms with van der Waals surface area (Å²) in [7, 11) is 1.57. The van der Waals surface area contributed by atoms with Gasteiger partial charge in [-0.2, -0.15) is 5.10 Å². The van der Waals surface area contributed by atoms with Crippen LogP contribution in [-0.4, -0.2) is 18.5 Å². The van der Waals surface area contributed by atoms with Crippen LogP contribution in [0.1, 0.15) is 11.1 Å². The first-order valence-electron chi connectivity index (χ1n) is 6.67. The van der Waals surface area contributed by atoms with Crippen molar-refractivity contribution in [3.05, 3.63) is 63.1 Å². The zero-order chi connectivity index (χ0) is 16.7. The van der Waals surface area contributed by atoms with E-state index in [1.54, 1.807) is 13.2 Å². The highest BCUT2D eigenvalue weighted by Gasteiger charge is 2.09. The zero-order valence-electron chi connectivity index (χ0n) is 12.4. The summed E-state index contributed by atoms with van der Waals surface area (Å²) in [6.07, 6.45) is 1.53. The molecule has 0 radical (unpaired) electrons. The van der Waals surface area contributed by atoms with Crippen LogP contribution in [0.15, 0.2) is 57.1 Å². The minimum atomic E-state index is 0.384. The highest BCUT2D eigenvalue weighted by Crippen LogP contribution is 2.31. The molecule has 0 heterocycles. The van der Waals surface area contributed by atoms with Crippen molar-refractivity contribution < 1.29 is 4.74 Å². The van der Waals surface area contributed by atoms with E-state index in [9.17, 15) is 0 Å². The molecule has 0 aliphatic rings. The fourth-order valence-electron chi connectivity index (χ4n) is 1.75. The van der Waals surface area contributed by atoms with E-state index in [1.165, 1.54) is 23.5 Å². The second-order valence-electron chi connectivity index (χ2n) is 4.43. The number of nitrogens with zero attached hydrogens (tertiary/aromatic N) is 2. The largest absolute Gasteiger partial charge is 0.496 e. The number of thioether (sulfide) groups is 1. The molecule has 120 valence electrons. The molecule has 0 aliphatic carbocycles. The lowest BCUT2D eigenvalue weighted by atomic mass is 10.2. The molecule has 4 nitrogen and oxygen atoms in total. The van der Waals surface area contributed by atoms with Gasteiger partial charge in [0.1, 0.15) is 5.75 Å². The predicted octanol–water partition coefficient (Wildman–Crippen LogP) is 4.69. The molecular weight excluding hydrogens is 398 g/mol. The van der Waals surface area contributed by atoms with E-state index >= 15 is 0 Å². The third kappa shape index (κ3) is 5.27. The van der Waals surface area contributed by atoms with Gasteiger partial charge in [-0.15, -0.1) is 5.10 Å². The monoisotopic (exact) mass is 411 g/mol. The summed E-state index contributed by atoms with van der Waals surface area (Å²) in [6, 6.07) is 13.6. The Kier molecular flexibility index (Phi) is 6.95. The molecule has 2 rings (SSSR count). The van der Waals surface area contributed by atoms with Crippen LogP contribution in [0, 0.1) is 0 Å². The molecule has 2 N–H and O–H groups in total. The van der Waals surface area contributed by atoms with Gasteiger partial charge < -0.3 is 10.5 Å². The maximum absolute atomic E-state index is 6.23. The number of hydrogen-bond donors (Lipinski definition) is 1. The van der Waals surface area contributed by atoms with Crippen molar-refractivity contribution in [2.45, 2.75) is 5.75 Å². The quantitative estimate of drug-likeness (QED) is 0.440. The molecule has 0 amide bonds. The van der Waals surface area contributed by atoms with Crippen molar-refractivity contribution in [3.8, 4) is 5.75 Å². The van der Waals surface area contributed by atoms with Gasteiger partial charge in [-0.1, -0.05) is 53.7 Å². The number of rotatable bonds is 5. The van der Waals surface area contributed by atoms with Gasteiger partial charge >= 0.3 is 0 Å². The third-order valence-corrected chi connectivity index (χ3v) is 5.04. The molecule has 0 aliphatic heterocycles. The SMILES string of the molecule is COc1ccc(Br)c(Cl)c1C=NN=C(N)SCc1ccccc1. The third-order valence-electron chi connectivity index (χ3n) is 2.89. The standard InChI is InChI=1S/C16H15BrClN3OS/c1-22-14-8-7-13(17)15(18)12(14)9-20-21-16(19)23-10-11-5-3-2-4-6-11/h2-9H,10H2,1H3,(H2,19,21). The predicted molar refractivity (Wildman–Crippen MR) is 103 cm³/mol. The summed E-state index contributed by atoms with van der Waals surface area (Å²) in [5.74, 6) is 1.36. The van der Waals surface area contributed by atoms with Gasteiger partial charge in [0.2, 0.25) is 0 Å². The Morgan fingerprint density at radius 1 is 1.30 bits per heavy atom. The van der Waals surface area contributed by atoms with Crippen molar-refractivity contribution in [2.24, 2.45) is 15.9 Å². The first kappa shape index (κ1) is 17.8. The summed E-state index contributed by atoms with van der Waals surface area (Å²) in [5.41, 5.74) is 7.67. The molecule has 0 bridgehead atoms. The van der Waals surface area contributed by atoms with E-state index < -0.39 is 0 Å². The maximum Gasteiger partial charge on any atom is 0.180 e. The van der Waals surface area contributed by atoms with Crippen molar-refractivity contribution in [2.75, 3.05) is 7.11 Å². The molecular formula is C16H15BrClN3OS. The Labute approximate surface area is 152 Å². The van der Waals surface area contributed by atoms with Crippen LogP contribution in [0.25, 0.3) is 0 Å². The second-order valence-corrected chi connectivity index (χ2v) is 6.66. The lowest BCUT2D eigenvalue weighted by Gasteiger charge is -2.07. The van der Waals surface area contributed by atoms with Crippen LogP contribution in [0.3, 0.4) is 0 Å². The minimum Gasteiger partial charge on any atom is -0.496 e. The number of benzene rings is 2.